The maximum atomic E-state index is 11.4. The maximum absolute atomic E-state index is 11.4. The molecule has 0 fully saturated rings. The molecule has 0 radical (unpaired) electrons. The second-order valence-corrected chi connectivity index (χ2v) is 4.80. The van der Waals surface area contributed by atoms with E-state index in [1.165, 1.54) is 0 Å². The summed E-state index contributed by atoms with van der Waals surface area (Å²) < 4.78 is 14.2. The van der Waals surface area contributed by atoms with E-state index in [2.05, 4.69) is 9.84 Å². The van der Waals surface area contributed by atoms with Crippen molar-refractivity contribution in [3.05, 3.63) is 30.3 Å². The fourth-order valence-corrected chi connectivity index (χ4v) is 1.66. The molecule has 0 aliphatic rings. The average Bonchev–Trinajstić information content (AvgIpc) is 2.28. The van der Waals surface area contributed by atoms with Gasteiger partial charge in [-0.3, -0.25) is 4.79 Å². The molecule has 0 aliphatic heterocycles. The number of hydrogen-bond acceptors (Lipinski definition) is 5. The van der Waals surface area contributed by atoms with Gasteiger partial charge in [0.25, 0.3) is 0 Å². The van der Waals surface area contributed by atoms with E-state index in [9.17, 15) is 19.1 Å². The van der Waals surface area contributed by atoms with E-state index in [0.717, 1.165) is 0 Å². The molecule has 1 rings (SSSR count). The average molecular weight is 349 g/mol. The zero-order valence-electron chi connectivity index (χ0n) is 11.7. The minimum absolute atomic E-state index is 0. The number of benzene rings is 1. The van der Waals surface area contributed by atoms with Crippen molar-refractivity contribution in [2.45, 2.75) is 19.3 Å². The van der Waals surface area contributed by atoms with Gasteiger partial charge in [-0.05, 0) is 25.0 Å². The van der Waals surface area contributed by atoms with Gasteiger partial charge in [-0.1, -0.05) is 18.2 Å². The van der Waals surface area contributed by atoms with Crippen LogP contribution < -0.4 is 118 Å². The van der Waals surface area contributed by atoms with E-state index < -0.39 is 7.82 Å². The van der Waals surface area contributed by atoms with Crippen molar-refractivity contribution in [1.29, 1.82) is 0 Å². The Morgan fingerprint density at radius 3 is 2.30 bits per heavy atom. The summed E-state index contributed by atoms with van der Waals surface area (Å²) in [7, 11) is -4.88. The molecule has 20 heavy (non-hydrogen) atoms. The normalized spacial score (nSPS) is 10.1. The van der Waals surface area contributed by atoms with E-state index in [1.807, 2.05) is 18.2 Å². The Kier molecular flexibility index (Phi) is 16.4. The van der Waals surface area contributed by atoms with Gasteiger partial charge in [-0.25, -0.2) is 0 Å². The van der Waals surface area contributed by atoms with Crippen molar-refractivity contribution in [3.63, 3.8) is 0 Å². The van der Waals surface area contributed by atoms with Crippen LogP contribution in [0.25, 0.3) is 0 Å². The third kappa shape index (κ3) is 13.7. The van der Waals surface area contributed by atoms with Crippen molar-refractivity contribution in [2.24, 2.45) is 0 Å². The summed E-state index contributed by atoms with van der Waals surface area (Å²) in [6.07, 6.45) is 1.05. The summed E-state index contributed by atoms with van der Waals surface area (Å²) in [6, 6.07) is 9.00. The Labute approximate surface area is 203 Å². The number of unbranched alkanes of at least 4 members (excludes halogenated alkanes) is 1. The Bertz CT molecular complexity index is 426. The Balaban J connectivity index is 0. The van der Waals surface area contributed by atoms with E-state index in [0.29, 0.717) is 18.5 Å². The number of amides is 1. The van der Waals surface area contributed by atoms with Crippen LogP contribution in [-0.4, -0.2) is 12.5 Å². The minimum atomic E-state index is -4.88. The van der Waals surface area contributed by atoms with Crippen molar-refractivity contribution >= 4 is 19.4 Å². The molecule has 0 saturated carbocycles. The van der Waals surface area contributed by atoms with Crippen molar-refractivity contribution in [1.82, 2.24) is 0 Å². The molecule has 0 bridgehead atoms. The summed E-state index contributed by atoms with van der Waals surface area (Å²) in [5.41, 5.74) is 0.711. The number of carbonyl (C=O) groups is 1. The second kappa shape index (κ2) is 13.5. The molecule has 0 unspecified atom stereocenters. The molecule has 0 atom stereocenters. The fraction of sp³-hybridized carbons (Fsp3) is 0.364. The van der Waals surface area contributed by atoms with Crippen molar-refractivity contribution in [3.8, 4) is 0 Å². The molecule has 0 aliphatic carbocycles. The number of nitrogens with one attached hydrogen (secondary N) is 1. The fourth-order valence-electron chi connectivity index (χ4n) is 1.31. The number of hydrogen-bond donors (Lipinski definition) is 1. The second-order valence-electron chi connectivity index (χ2n) is 3.65. The van der Waals surface area contributed by atoms with Crippen LogP contribution in [0.3, 0.4) is 0 Å². The van der Waals surface area contributed by atoms with Crippen LogP contribution in [0.5, 0.6) is 0 Å². The smallest absolute Gasteiger partial charge is 0.790 e. The molecule has 0 heterocycles. The number of carbonyl (C=O) groups excluding carboxylic acids is 1. The zero-order chi connectivity index (χ0) is 13.4. The first-order valence-corrected chi connectivity index (χ1v) is 6.95. The molecular weight excluding hydrogens is 335 g/mol. The van der Waals surface area contributed by atoms with E-state index in [-0.39, 0.29) is 122 Å². The van der Waals surface area contributed by atoms with Gasteiger partial charge in [0.15, 0.2) is 0 Å². The molecular formula is C11H14K2NO5P. The number of phosphoric ester groups is 1. The SMILES string of the molecule is O=C(CCCCOP(=O)([O-])[O-])Nc1ccccc1.[K+].[K+]. The summed E-state index contributed by atoms with van der Waals surface area (Å²) >= 11 is 0. The van der Waals surface area contributed by atoms with Crippen LogP contribution in [0, 0.1) is 0 Å². The molecule has 0 saturated heterocycles. The third-order valence-corrected chi connectivity index (χ3v) is 2.60. The van der Waals surface area contributed by atoms with Gasteiger partial charge in [0, 0.05) is 12.1 Å². The predicted molar refractivity (Wildman–Crippen MR) is 62.5 cm³/mol. The van der Waals surface area contributed by atoms with Crippen LogP contribution in [0.15, 0.2) is 30.3 Å². The van der Waals surface area contributed by atoms with Gasteiger partial charge in [-0.2, -0.15) is 0 Å². The number of para-hydroxylation sites is 1. The molecule has 0 aromatic heterocycles. The zero-order valence-corrected chi connectivity index (χ0v) is 18.8. The number of rotatable bonds is 7. The summed E-state index contributed by atoms with van der Waals surface area (Å²) in [6.45, 7) is -0.178. The van der Waals surface area contributed by atoms with Gasteiger partial charge < -0.3 is 24.2 Å². The molecule has 9 heteroatoms. The summed E-state index contributed by atoms with van der Waals surface area (Å²) in [5.74, 6) is -0.159. The first-order valence-electron chi connectivity index (χ1n) is 5.49. The van der Waals surface area contributed by atoms with E-state index in [1.54, 1.807) is 12.1 Å². The van der Waals surface area contributed by atoms with Gasteiger partial charge in [0.1, 0.15) is 0 Å². The molecule has 0 spiro atoms. The number of anilines is 1. The Hall–Kier alpha value is 2.07. The van der Waals surface area contributed by atoms with Crippen molar-refractivity contribution < 1.29 is 126 Å². The van der Waals surface area contributed by atoms with Crippen LogP contribution in [0.1, 0.15) is 19.3 Å². The molecule has 100 valence electrons. The Morgan fingerprint density at radius 1 is 1.15 bits per heavy atom. The minimum Gasteiger partial charge on any atom is -0.790 e. The first-order chi connectivity index (χ1) is 8.47. The van der Waals surface area contributed by atoms with Crippen LogP contribution in [0.4, 0.5) is 5.69 Å². The standard InChI is InChI=1S/C11H16NO5P.2K/c13-11(12-10-6-2-1-3-7-10)8-4-5-9-17-18(14,15)16;;/h1-3,6-7H,4-5,8-9H2,(H,12,13)(H2,14,15,16);;/q;2*+1/p-2. The van der Waals surface area contributed by atoms with E-state index >= 15 is 0 Å². The van der Waals surface area contributed by atoms with Gasteiger partial charge >= 0.3 is 103 Å². The van der Waals surface area contributed by atoms with Gasteiger partial charge in [0.05, 0.1) is 14.4 Å². The van der Waals surface area contributed by atoms with Crippen LogP contribution in [-0.2, 0) is 13.9 Å². The van der Waals surface area contributed by atoms with E-state index in [4.69, 9.17) is 0 Å². The molecule has 6 nitrogen and oxygen atoms in total. The maximum Gasteiger partial charge on any atom is 1.00 e. The van der Waals surface area contributed by atoms with Crippen LogP contribution in [0.2, 0.25) is 0 Å². The quantitative estimate of drug-likeness (QED) is 0.301. The van der Waals surface area contributed by atoms with Crippen LogP contribution >= 0.6 is 7.82 Å². The molecule has 1 amide bonds. The predicted octanol–water partition coefficient (Wildman–Crippen LogP) is -5.35. The third-order valence-electron chi connectivity index (χ3n) is 2.11. The molecule has 1 aromatic carbocycles. The molecule has 1 aromatic rings. The van der Waals surface area contributed by atoms with Gasteiger partial charge in [0.2, 0.25) is 5.91 Å². The first kappa shape index (κ1) is 24.3. The Morgan fingerprint density at radius 2 is 1.75 bits per heavy atom. The molecule has 1 N–H and O–H groups in total. The van der Waals surface area contributed by atoms with Crippen molar-refractivity contribution in [2.75, 3.05) is 11.9 Å². The largest absolute Gasteiger partial charge is 1.00 e. The summed E-state index contributed by atoms with van der Waals surface area (Å²) in [5, 5.41) is 2.69. The topological polar surface area (TPSA) is 102 Å². The monoisotopic (exact) mass is 349 g/mol. The number of phosphoric acid groups is 1. The van der Waals surface area contributed by atoms with Gasteiger partial charge in [-0.15, -0.1) is 0 Å². The summed E-state index contributed by atoms with van der Waals surface area (Å²) in [4.78, 5) is 31.7.